The molecule has 1 aliphatic heterocycles. The van der Waals surface area contributed by atoms with Crippen LogP contribution in [0.5, 0.6) is 0 Å². The maximum absolute atomic E-state index is 15.1. The zero-order chi connectivity index (χ0) is 25.8. The lowest BCUT2D eigenvalue weighted by atomic mass is 9.98. The summed E-state index contributed by atoms with van der Waals surface area (Å²) in [5.41, 5.74) is 9.20. The highest BCUT2D eigenvalue weighted by Gasteiger charge is 2.18. The summed E-state index contributed by atoms with van der Waals surface area (Å²) >= 11 is 0. The van der Waals surface area contributed by atoms with Gasteiger partial charge in [-0.1, -0.05) is 12.1 Å². The molecular formula is C27H31F2N7O. The Hall–Kier alpha value is -3.31. The zero-order valence-electron chi connectivity index (χ0n) is 20.6. The molecule has 2 aromatic carbocycles. The van der Waals surface area contributed by atoms with Crippen LogP contribution in [0.4, 0.5) is 8.78 Å². The molecule has 8 nitrogen and oxygen atoms in total. The standard InChI is InChI=1S/C27H31F2N7O/c28-23-10-19(11-24(29)22(23)16-35(17-30)8-9-37)21-2-1-3-25-27(21)34-26(13-32-25)20-12-33-36(15-20)14-18-4-6-31-7-5-18/h1-3,10-13,15,18,31,37H,4-9,14,16-17,30H2. The van der Waals surface area contributed by atoms with Crippen LogP contribution in [-0.4, -0.2) is 62.7 Å². The van der Waals surface area contributed by atoms with E-state index in [9.17, 15) is 0 Å². The molecule has 0 atom stereocenters. The van der Waals surface area contributed by atoms with Crippen LogP contribution in [0.1, 0.15) is 18.4 Å². The number of hydrogen-bond donors (Lipinski definition) is 3. The molecule has 5 rings (SSSR count). The number of aromatic nitrogens is 4. The van der Waals surface area contributed by atoms with Crippen molar-refractivity contribution in [3.8, 4) is 22.4 Å². The largest absolute Gasteiger partial charge is 0.395 e. The normalized spacial score (nSPS) is 14.6. The van der Waals surface area contributed by atoms with Crippen LogP contribution in [0.2, 0.25) is 0 Å². The minimum Gasteiger partial charge on any atom is -0.395 e. The van der Waals surface area contributed by atoms with Gasteiger partial charge in [0.05, 0.1) is 35.7 Å². The van der Waals surface area contributed by atoms with Crippen molar-refractivity contribution < 1.29 is 13.9 Å². The molecule has 0 spiro atoms. The quantitative estimate of drug-likeness (QED) is 0.299. The number of benzene rings is 2. The molecule has 3 heterocycles. The smallest absolute Gasteiger partial charge is 0.131 e. The summed E-state index contributed by atoms with van der Waals surface area (Å²) < 4.78 is 32.1. The summed E-state index contributed by atoms with van der Waals surface area (Å²) in [6.45, 7) is 3.06. The van der Waals surface area contributed by atoms with Gasteiger partial charge < -0.3 is 16.2 Å². The van der Waals surface area contributed by atoms with E-state index < -0.39 is 11.6 Å². The molecule has 0 bridgehead atoms. The molecule has 2 aromatic heterocycles. The molecule has 194 valence electrons. The predicted molar refractivity (Wildman–Crippen MR) is 138 cm³/mol. The van der Waals surface area contributed by atoms with E-state index in [0.29, 0.717) is 33.8 Å². The van der Waals surface area contributed by atoms with E-state index in [2.05, 4.69) is 15.4 Å². The Balaban J connectivity index is 1.45. The number of fused-ring (bicyclic) bond motifs is 1. The lowest BCUT2D eigenvalue weighted by Crippen LogP contribution is -2.32. The maximum atomic E-state index is 15.1. The zero-order valence-corrected chi connectivity index (χ0v) is 20.6. The number of nitrogens with zero attached hydrogens (tertiary/aromatic N) is 5. The number of aliphatic hydroxyl groups is 1. The van der Waals surface area contributed by atoms with Crippen molar-refractivity contribution in [3.63, 3.8) is 0 Å². The average Bonchev–Trinajstić information content (AvgIpc) is 3.38. The third-order valence-corrected chi connectivity index (χ3v) is 6.91. The number of para-hydroxylation sites is 1. The molecule has 0 saturated carbocycles. The molecule has 1 saturated heterocycles. The molecule has 37 heavy (non-hydrogen) atoms. The molecule has 1 fully saturated rings. The first kappa shape index (κ1) is 25.3. The molecule has 0 unspecified atom stereocenters. The summed E-state index contributed by atoms with van der Waals surface area (Å²) in [7, 11) is 0. The minimum absolute atomic E-state index is 0.0319. The van der Waals surface area contributed by atoms with Crippen molar-refractivity contribution in [1.29, 1.82) is 0 Å². The van der Waals surface area contributed by atoms with Crippen LogP contribution >= 0.6 is 0 Å². The highest BCUT2D eigenvalue weighted by molar-refractivity contribution is 5.92. The molecule has 10 heteroatoms. The lowest BCUT2D eigenvalue weighted by molar-refractivity contribution is 0.190. The van der Waals surface area contributed by atoms with Crippen molar-refractivity contribution in [2.24, 2.45) is 11.7 Å². The van der Waals surface area contributed by atoms with Gasteiger partial charge in [0.2, 0.25) is 0 Å². The monoisotopic (exact) mass is 507 g/mol. The van der Waals surface area contributed by atoms with Crippen LogP contribution in [0.15, 0.2) is 48.9 Å². The third-order valence-electron chi connectivity index (χ3n) is 6.91. The van der Waals surface area contributed by atoms with Gasteiger partial charge in [0.1, 0.15) is 11.6 Å². The second-order valence-electron chi connectivity index (χ2n) is 9.45. The first-order chi connectivity index (χ1) is 18.1. The van der Waals surface area contributed by atoms with Crippen LogP contribution in [0, 0.1) is 17.6 Å². The summed E-state index contributed by atoms with van der Waals surface area (Å²) in [6, 6.07) is 8.03. The fourth-order valence-corrected chi connectivity index (χ4v) is 4.84. The van der Waals surface area contributed by atoms with E-state index in [1.54, 1.807) is 29.4 Å². The summed E-state index contributed by atoms with van der Waals surface area (Å²) in [5.74, 6) is -0.755. The number of nitrogens with one attached hydrogen (secondary N) is 1. The van der Waals surface area contributed by atoms with Gasteiger partial charge >= 0.3 is 0 Å². The van der Waals surface area contributed by atoms with Gasteiger partial charge in [-0.25, -0.2) is 13.8 Å². The Morgan fingerprint density at radius 2 is 1.89 bits per heavy atom. The van der Waals surface area contributed by atoms with E-state index >= 15 is 8.78 Å². The minimum atomic E-state index is -0.674. The van der Waals surface area contributed by atoms with Crippen LogP contribution in [0.25, 0.3) is 33.4 Å². The van der Waals surface area contributed by atoms with Gasteiger partial charge in [-0.05, 0) is 55.6 Å². The summed E-state index contributed by atoms with van der Waals surface area (Å²) in [6.07, 6.45) is 7.72. The van der Waals surface area contributed by atoms with E-state index in [0.717, 1.165) is 38.0 Å². The Morgan fingerprint density at radius 1 is 1.11 bits per heavy atom. The molecule has 4 aromatic rings. The van der Waals surface area contributed by atoms with E-state index in [1.165, 1.54) is 12.1 Å². The van der Waals surface area contributed by atoms with E-state index in [4.69, 9.17) is 15.8 Å². The summed E-state index contributed by atoms with van der Waals surface area (Å²) in [4.78, 5) is 11.0. The molecule has 0 radical (unpaired) electrons. The third kappa shape index (κ3) is 5.67. The number of aliphatic hydroxyl groups excluding tert-OH is 1. The second kappa shape index (κ2) is 11.4. The number of halogens is 2. The van der Waals surface area contributed by atoms with Crippen molar-refractivity contribution >= 4 is 11.0 Å². The van der Waals surface area contributed by atoms with Gasteiger partial charge in [0, 0.05) is 49.2 Å². The van der Waals surface area contributed by atoms with Gasteiger partial charge in [0.25, 0.3) is 0 Å². The Kier molecular flexibility index (Phi) is 7.80. The molecule has 0 amide bonds. The Morgan fingerprint density at radius 3 is 2.62 bits per heavy atom. The van der Waals surface area contributed by atoms with Crippen molar-refractivity contribution in [1.82, 2.24) is 30.0 Å². The lowest BCUT2D eigenvalue weighted by Gasteiger charge is -2.22. The molecular weight excluding hydrogens is 476 g/mol. The Labute approximate surface area is 214 Å². The molecule has 0 aliphatic carbocycles. The topological polar surface area (TPSA) is 105 Å². The first-order valence-corrected chi connectivity index (χ1v) is 12.6. The predicted octanol–water partition coefficient (Wildman–Crippen LogP) is 3.15. The number of nitrogens with two attached hydrogens (primary N) is 1. The molecule has 1 aliphatic rings. The Bertz CT molecular complexity index is 1350. The maximum Gasteiger partial charge on any atom is 0.131 e. The number of hydrogen-bond acceptors (Lipinski definition) is 7. The number of rotatable bonds is 9. The van der Waals surface area contributed by atoms with Gasteiger partial charge in [-0.15, -0.1) is 0 Å². The average molecular weight is 508 g/mol. The summed E-state index contributed by atoms with van der Waals surface area (Å²) in [5, 5.41) is 17.1. The SMILES string of the molecule is NCN(CCO)Cc1c(F)cc(-c2cccc3ncc(-c4cnn(CC5CCNCC5)c4)nc23)cc1F. The first-order valence-electron chi connectivity index (χ1n) is 12.6. The molecule has 4 N–H and O–H groups in total. The van der Waals surface area contributed by atoms with Gasteiger partial charge in [-0.3, -0.25) is 14.6 Å². The number of piperidine rings is 1. The fraction of sp³-hybridized carbons (Fsp3) is 0.370. The fourth-order valence-electron chi connectivity index (χ4n) is 4.84. The second-order valence-corrected chi connectivity index (χ2v) is 9.45. The highest BCUT2D eigenvalue weighted by atomic mass is 19.1. The van der Waals surface area contributed by atoms with E-state index in [-0.39, 0.29) is 31.9 Å². The van der Waals surface area contributed by atoms with E-state index in [1.807, 2.05) is 16.9 Å². The van der Waals surface area contributed by atoms with Gasteiger partial charge in [-0.2, -0.15) is 5.10 Å². The highest BCUT2D eigenvalue weighted by Crippen LogP contribution is 2.31. The van der Waals surface area contributed by atoms with Crippen molar-refractivity contribution in [2.75, 3.05) is 32.9 Å². The van der Waals surface area contributed by atoms with Crippen LogP contribution in [-0.2, 0) is 13.1 Å². The van der Waals surface area contributed by atoms with Gasteiger partial charge in [0.15, 0.2) is 0 Å². The van der Waals surface area contributed by atoms with Crippen molar-refractivity contribution in [2.45, 2.75) is 25.9 Å². The van der Waals surface area contributed by atoms with Crippen LogP contribution < -0.4 is 11.1 Å². The van der Waals surface area contributed by atoms with Crippen molar-refractivity contribution in [3.05, 3.63) is 66.1 Å². The van der Waals surface area contributed by atoms with Crippen LogP contribution in [0.3, 0.4) is 0 Å².